The van der Waals surface area contributed by atoms with E-state index in [0.29, 0.717) is 6.54 Å². The number of nitrogens with zero attached hydrogens (tertiary/aromatic N) is 2. The first kappa shape index (κ1) is 9.68. The molecule has 2 nitrogen and oxygen atoms in total. The average Bonchev–Trinajstić information content (AvgIpc) is 2.01. The van der Waals surface area contributed by atoms with Crippen molar-refractivity contribution in [2.75, 3.05) is 40.3 Å². The maximum atomic E-state index is 12.8. The van der Waals surface area contributed by atoms with Gasteiger partial charge in [-0.15, -0.1) is 0 Å². The lowest BCUT2D eigenvalue weighted by Crippen LogP contribution is -2.35. The van der Waals surface area contributed by atoms with Gasteiger partial charge in [-0.1, -0.05) is 6.08 Å². The fourth-order valence-corrected chi connectivity index (χ4v) is 1.29. The van der Waals surface area contributed by atoms with Gasteiger partial charge in [-0.25, -0.2) is 4.39 Å². The Hall–Kier alpha value is -0.410. The van der Waals surface area contributed by atoms with E-state index in [0.717, 1.165) is 26.1 Å². The van der Waals surface area contributed by atoms with E-state index >= 15 is 0 Å². The van der Waals surface area contributed by atoms with Crippen LogP contribution >= 0.6 is 0 Å². The Kier molecular flexibility index (Phi) is 3.69. The Morgan fingerprint density at radius 3 is 2.92 bits per heavy atom. The summed E-state index contributed by atoms with van der Waals surface area (Å²) in [6, 6.07) is 0. The Morgan fingerprint density at radius 1 is 1.58 bits per heavy atom. The zero-order valence-corrected chi connectivity index (χ0v) is 7.89. The van der Waals surface area contributed by atoms with E-state index in [1.54, 1.807) is 6.08 Å². The van der Waals surface area contributed by atoms with Crippen LogP contribution in [0.4, 0.5) is 4.39 Å². The maximum Gasteiger partial charge on any atom is 0.110 e. The van der Waals surface area contributed by atoms with E-state index in [-0.39, 0.29) is 5.83 Å². The molecule has 0 saturated heterocycles. The molecule has 0 aromatic rings. The van der Waals surface area contributed by atoms with E-state index in [1.165, 1.54) is 0 Å². The van der Waals surface area contributed by atoms with Crippen molar-refractivity contribution in [2.45, 2.75) is 6.42 Å². The van der Waals surface area contributed by atoms with E-state index in [9.17, 15) is 4.39 Å². The molecule has 1 aliphatic heterocycles. The largest absolute Gasteiger partial charge is 0.308 e. The van der Waals surface area contributed by atoms with Gasteiger partial charge < -0.3 is 4.90 Å². The summed E-state index contributed by atoms with van der Waals surface area (Å²) in [5.41, 5.74) is 0. The lowest BCUT2D eigenvalue weighted by molar-refractivity contribution is 0.237. The fraction of sp³-hybridized carbons (Fsp3) is 0.778. The number of likely N-dealkylation sites (N-methyl/N-ethyl adjacent to an activating group) is 1. The van der Waals surface area contributed by atoms with Crippen LogP contribution in [0.1, 0.15) is 6.42 Å². The molecule has 0 atom stereocenters. The van der Waals surface area contributed by atoms with Crippen LogP contribution in [0.15, 0.2) is 11.9 Å². The molecule has 0 N–H and O–H groups in total. The summed E-state index contributed by atoms with van der Waals surface area (Å²) >= 11 is 0. The molecule has 0 radical (unpaired) electrons. The van der Waals surface area contributed by atoms with Crippen LogP contribution in [-0.2, 0) is 0 Å². The predicted molar refractivity (Wildman–Crippen MR) is 48.8 cm³/mol. The van der Waals surface area contributed by atoms with E-state index in [4.69, 9.17) is 0 Å². The molecule has 0 aliphatic carbocycles. The van der Waals surface area contributed by atoms with Gasteiger partial charge in [-0.3, -0.25) is 4.90 Å². The molecule has 1 heterocycles. The highest BCUT2D eigenvalue weighted by Gasteiger charge is 2.11. The van der Waals surface area contributed by atoms with Crippen molar-refractivity contribution in [1.29, 1.82) is 0 Å². The number of rotatable bonds is 3. The fourth-order valence-electron chi connectivity index (χ4n) is 1.29. The minimum absolute atomic E-state index is 0.0278. The summed E-state index contributed by atoms with van der Waals surface area (Å²) in [5, 5.41) is 0. The van der Waals surface area contributed by atoms with Gasteiger partial charge in [0.2, 0.25) is 0 Å². The number of hydrogen-bond donors (Lipinski definition) is 0. The first-order valence-electron chi connectivity index (χ1n) is 4.40. The SMILES string of the molecule is CN(C)CCN1CCC=C(F)C1. The second-order valence-corrected chi connectivity index (χ2v) is 3.52. The highest BCUT2D eigenvalue weighted by molar-refractivity contribution is 4.99. The molecule has 70 valence electrons. The molecule has 0 saturated carbocycles. The highest BCUT2D eigenvalue weighted by Crippen LogP contribution is 2.09. The van der Waals surface area contributed by atoms with E-state index in [2.05, 4.69) is 9.80 Å². The Balaban J connectivity index is 2.21. The van der Waals surface area contributed by atoms with Crippen LogP contribution in [0.5, 0.6) is 0 Å². The van der Waals surface area contributed by atoms with Crippen molar-refractivity contribution in [3.8, 4) is 0 Å². The van der Waals surface area contributed by atoms with Gasteiger partial charge in [-0.2, -0.15) is 0 Å². The smallest absolute Gasteiger partial charge is 0.110 e. The zero-order valence-electron chi connectivity index (χ0n) is 7.89. The molecule has 1 rings (SSSR count). The lowest BCUT2D eigenvalue weighted by Gasteiger charge is -2.25. The normalized spacial score (nSPS) is 19.8. The molecule has 0 amide bonds. The van der Waals surface area contributed by atoms with Crippen LogP contribution in [0.3, 0.4) is 0 Å². The van der Waals surface area contributed by atoms with E-state index < -0.39 is 0 Å². The first-order chi connectivity index (χ1) is 5.68. The molecule has 0 fully saturated rings. The molecule has 3 heteroatoms. The van der Waals surface area contributed by atoms with Crippen LogP contribution < -0.4 is 0 Å². The van der Waals surface area contributed by atoms with Gasteiger partial charge in [0.15, 0.2) is 0 Å². The maximum absolute atomic E-state index is 12.8. The number of halogens is 1. The minimum Gasteiger partial charge on any atom is -0.308 e. The third-order valence-electron chi connectivity index (χ3n) is 2.05. The van der Waals surface area contributed by atoms with Gasteiger partial charge >= 0.3 is 0 Å². The van der Waals surface area contributed by atoms with Crippen molar-refractivity contribution in [3.63, 3.8) is 0 Å². The number of hydrogen-bond acceptors (Lipinski definition) is 2. The van der Waals surface area contributed by atoms with Crippen LogP contribution in [0.2, 0.25) is 0 Å². The summed E-state index contributed by atoms with van der Waals surface area (Å²) in [4.78, 5) is 4.27. The lowest BCUT2D eigenvalue weighted by atomic mass is 10.2. The van der Waals surface area contributed by atoms with Crippen molar-refractivity contribution in [1.82, 2.24) is 9.80 Å². The predicted octanol–water partition coefficient (Wildman–Crippen LogP) is 1.11. The van der Waals surface area contributed by atoms with Gasteiger partial charge in [0, 0.05) is 26.2 Å². The Labute approximate surface area is 73.6 Å². The van der Waals surface area contributed by atoms with Gasteiger partial charge in [0.25, 0.3) is 0 Å². The van der Waals surface area contributed by atoms with Crippen molar-refractivity contribution >= 4 is 0 Å². The first-order valence-corrected chi connectivity index (χ1v) is 4.40. The second-order valence-electron chi connectivity index (χ2n) is 3.52. The summed E-state index contributed by atoms with van der Waals surface area (Å²) in [6.07, 6.45) is 2.55. The van der Waals surface area contributed by atoms with Crippen molar-refractivity contribution in [2.24, 2.45) is 0 Å². The van der Waals surface area contributed by atoms with Crippen LogP contribution in [-0.4, -0.2) is 50.1 Å². The molecular weight excluding hydrogens is 155 g/mol. The Morgan fingerprint density at radius 2 is 2.33 bits per heavy atom. The van der Waals surface area contributed by atoms with Crippen molar-refractivity contribution in [3.05, 3.63) is 11.9 Å². The third kappa shape index (κ3) is 3.32. The second kappa shape index (κ2) is 4.58. The summed E-state index contributed by atoms with van der Waals surface area (Å²) in [5.74, 6) is 0.0278. The van der Waals surface area contributed by atoms with Crippen LogP contribution in [0, 0.1) is 0 Å². The average molecular weight is 172 g/mol. The molecule has 0 aromatic heterocycles. The topological polar surface area (TPSA) is 6.48 Å². The molecular formula is C9H17FN2. The van der Waals surface area contributed by atoms with Gasteiger partial charge in [0.1, 0.15) is 5.83 Å². The Bertz CT molecular complexity index is 166. The standard InChI is InChI=1S/C9H17FN2/c1-11(2)6-7-12-5-3-4-9(10)8-12/h4H,3,5-8H2,1-2H3. The molecule has 0 bridgehead atoms. The van der Waals surface area contributed by atoms with E-state index in [1.807, 2.05) is 14.1 Å². The van der Waals surface area contributed by atoms with Gasteiger partial charge in [0.05, 0.1) is 0 Å². The molecule has 1 aliphatic rings. The quantitative estimate of drug-likeness (QED) is 0.629. The molecule has 0 spiro atoms. The molecule has 0 aromatic carbocycles. The summed E-state index contributed by atoms with van der Waals surface area (Å²) in [6.45, 7) is 3.48. The molecule has 0 unspecified atom stereocenters. The summed E-state index contributed by atoms with van der Waals surface area (Å²) in [7, 11) is 4.08. The monoisotopic (exact) mass is 172 g/mol. The van der Waals surface area contributed by atoms with Gasteiger partial charge in [-0.05, 0) is 20.5 Å². The minimum atomic E-state index is 0.0278. The van der Waals surface area contributed by atoms with Crippen molar-refractivity contribution < 1.29 is 4.39 Å². The third-order valence-corrected chi connectivity index (χ3v) is 2.05. The summed E-state index contributed by atoms with van der Waals surface area (Å²) < 4.78 is 12.8. The van der Waals surface area contributed by atoms with Crippen LogP contribution in [0.25, 0.3) is 0 Å². The molecule has 12 heavy (non-hydrogen) atoms. The highest BCUT2D eigenvalue weighted by atomic mass is 19.1. The zero-order chi connectivity index (χ0) is 8.97.